The number of likely N-dealkylation sites (tertiary alicyclic amines) is 1. The molecule has 6 heteroatoms. The second-order valence-electron chi connectivity index (χ2n) is 6.81. The number of hydrogen-bond acceptors (Lipinski definition) is 4. The molecule has 6 nitrogen and oxygen atoms in total. The third-order valence-electron chi connectivity index (χ3n) is 5.30. The van der Waals surface area contributed by atoms with E-state index in [1.165, 1.54) is 6.26 Å². The first-order chi connectivity index (χ1) is 11.0. The lowest BCUT2D eigenvalue weighted by atomic mass is 9.82. The predicted octanol–water partition coefficient (Wildman–Crippen LogP) is 1.44. The van der Waals surface area contributed by atoms with Gasteiger partial charge in [0.15, 0.2) is 5.76 Å². The van der Waals surface area contributed by atoms with Crippen molar-refractivity contribution in [3.05, 3.63) is 24.2 Å². The van der Waals surface area contributed by atoms with Gasteiger partial charge >= 0.3 is 0 Å². The number of nitrogens with zero attached hydrogens (tertiary/aromatic N) is 3. The molecule has 0 aromatic carbocycles. The Morgan fingerprint density at radius 3 is 2.48 bits per heavy atom. The summed E-state index contributed by atoms with van der Waals surface area (Å²) in [7, 11) is 2.03. The largest absolute Gasteiger partial charge is 0.459 e. The number of piperidine rings is 1. The Morgan fingerprint density at radius 1 is 1.22 bits per heavy atom. The number of rotatable bonds is 2. The summed E-state index contributed by atoms with van der Waals surface area (Å²) >= 11 is 0. The van der Waals surface area contributed by atoms with Gasteiger partial charge in [-0.25, -0.2) is 0 Å². The molecule has 2 saturated heterocycles. The van der Waals surface area contributed by atoms with E-state index in [2.05, 4.69) is 18.7 Å². The summed E-state index contributed by atoms with van der Waals surface area (Å²) in [5, 5.41) is 0. The molecule has 1 spiro atoms. The maximum absolute atomic E-state index is 13.0. The average molecular weight is 319 g/mol. The van der Waals surface area contributed by atoms with Gasteiger partial charge in [-0.3, -0.25) is 14.5 Å². The van der Waals surface area contributed by atoms with E-state index < -0.39 is 5.54 Å². The summed E-state index contributed by atoms with van der Waals surface area (Å²) < 4.78 is 5.20. The monoisotopic (exact) mass is 319 g/mol. The minimum absolute atomic E-state index is 0.0866. The molecule has 0 bridgehead atoms. The van der Waals surface area contributed by atoms with Crippen LogP contribution in [0.15, 0.2) is 22.8 Å². The van der Waals surface area contributed by atoms with Crippen molar-refractivity contribution >= 4 is 11.8 Å². The summed E-state index contributed by atoms with van der Waals surface area (Å²) in [5.41, 5.74) is -0.456. The van der Waals surface area contributed by atoms with E-state index in [4.69, 9.17) is 4.42 Å². The molecule has 0 unspecified atom stereocenters. The predicted molar refractivity (Wildman–Crippen MR) is 86.1 cm³/mol. The maximum atomic E-state index is 13.0. The molecular formula is C17H25N3O3. The number of piperazine rings is 1. The second-order valence-corrected chi connectivity index (χ2v) is 6.81. The van der Waals surface area contributed by atoms with Crippen LogP contribution in [0.3, 0.4) is 0 Å². The number of furan rings is 1. The molecule has 1 aromatic heterocycles. The summed E-state index contributed by atoms with van der Waals surface area (Å²) in [6.07, 6.45) is 2.87. The zero-order valence-electron chi connectivity index (χ0n) is 14.1. The number of carbonyl (C=O) groups is 2. The van der Waals surface area contributed by atoms with E-state index in [9.17, 15) is 9.59 Å². The van der Waals surface area contributed by atoms with Crippen molar-refractivity contribution in [2.24, 2.45) is 0 Å². The van der Waals surface area contributed by atoms with Crippen LogP contribution in [0.2, 0.25) is 0 Å². The van der Waals surface area contributed by atoms with Gasteiger partial charge in [-0.2, -0.15) is 0 Å². The zero-order chi connectivity index (χ0) is 16.6. The van der Waals surface area contributed by atoms with Crippen molar-refractivity contribution in [3.63, 3.8) is 0 Å². The minimum Gasteiger partial charge on any atom is -0.459 e. The lowest BCUT2D eigenvalue weighted by Crippen LogP contribution is -2.68. The molecular weight excluding hydrogens is 294 g/mol. The van der Waals surface area contributed by atoms with E-state index >= 15 is 0 Å². The molecule has 3 heterocycles. The average Bonchev–Trinajstić information content (AvgIpc) is 3.07. The topological polar surface area (TPSA) is 57.0 Å². The van der Waals surface area contributed by atoms with Gasteiger partial charge in [0.05, 0.1) is 6.26 Å². The van der Waals surface area contributed by atoms with Crippen LogP contribution in [0.4, 0.5) is 0 Å². The fourth-order valence-corrected chi connectivity index (χ4v) is 3.73. The summed E-state index contributed by atoms with van der Waals surface area (Å²) in [6, 6.07) is 3.62. The van der Waals surface area contributed by atoms with Gasteiger partial charge in [-0.15, -0.1) is 0 Å². The highest BCUT2D eigenvalue weighted by molar-refractivity contribution is 5.92. The Balaban J connectivity index is 1.73. The van der Waals surface area contributed by atoms with Crippen LogP contribution < -0.4 is 0 Å². The second kappa shape index (κ2) is 6.00. The highest BCUT2D eigenvalue weighted by Crippen LogP contribution is 2.34. The first kappa shape index (κ1) is 16.1. The van der Waals surface area contributed by atoms with Gasteiger partial charge in [0, 0.05) is 32.2 Å². The van der Waals surface area contributed by atoms with Gasteiger partial charge in [0.2, 0.25) is 5.91 Å². The van der Waals surface area contributed by atoms with Crippen molar-refractivity contribution < 1.29 is 14.0 Å². The molecule has 1 aromatic rings. The van der Waals surface area contributed by atoms with Gasteiger partial charge in [0.25, 0.3) is 5.91 Å². The Morgan fingerprint density at radius 2 is 1.91 bits per heavy atom. The Bertz CT molecular complexity index is 574. The van der Waals surface area contributed by atoms with Crippen LogP contribution in [0.5, 0.6) is 0 Å². The summed E-state index contributed by atoms with van der Waals surface area (Å²) in [5.74, 6) is 0.496. The molecule has 2 aliphatic heterocycles. The summed E-state index contributed by atoms with van der Waals surface area (Å²) in [6.45, 7) is 6.96. The maximum Gasteiger partial charge on any atom is 0.289 e. The van der Waals surface area contributed by atoms with Crippen LogP contribution in [0.1, 0.15) is 37.2 Å². The summed E-state index contributed by atoms with van der Waals surface area (Å²) in [4.78, 5) is 31.4. The van der Waals surface area contributed by atoms with E-state index in [-0.39, 0.29) is 17.9 Å². The quantitative estimate of drug-likeness (QED) is 0.828. The molecule has 0 radical (unpaired) electrons. The van der Waals surface area contributed by atoms with Gasteiger partial charge in [0.1, 0.15) is 5.54 Å². The van der Waals surface area contributed by atoms with Crippen LogP contribution >= 0.6 is 0 Å². The van der Waals surface area contributed by atoms with E-state index in [0.29, 0.717) is 31.7 Å². The molecule has 2 amide bonds. The highest BCUT2D eigenvalue weighted by Gasteiger charge is 2.50. The molecule has 23 heavy (non-hydrogen) atoms. The molecule has 3 rings (SSSR count). The van der Waals surface area contributed by atoms with Crippen molar-refractivity contribution in [1.82, 2.24) is 14.7 Å². The van der Waals surface area contributed by atoms with Gasteiger partial charge in [-0.05, 0) is 45.9 Å². The van der Waals surface area contributed by atoms with Crippen LogP contribution in [-0.2, 0) is 4.79 Å². The van der Waals surface area contributed by atoms with Gasteiger partial charge in [-0.1, -0.05) is 0 Å². The normalized spacial score (nSPS) is 22.2. The SMILES string of the molecule is CC(C)N1CCN(C)C2(CCN(C(=O)c3ccco3)CC2)C1=O. The number of carbonyl (C=O) groups excluding carboxylic acids is 2. The standard InChI is InChI=1S/C17H25N3O3/c1-13(2)20-11-10-18(3)17(16(20)22)6-8-19(9-7-17)15(21)14-5-4-12-23-14/h4-5,12-13H,6-11H2,1-3H3. The molecule has 0 saturated carbocycles. The third-order valence-corrected chi connectivity index (χ3v) is 5.30. The van der Waals surface area contributed by atoms with Crippen molar-refractivity contribution in [1.29, 1.82) is 0 Å². The number of amides is 2. The molecule has 126 valence electrons. The Labute approximate surface area is 137 Å². The van der Waals surface area contributed by atoms with E-state index in [1.807, 2.05) is 11.9 Å². The van der Waals surface area contributed by atoms with E-state index in [0.717, 1.165) is 13.1 Å². The Kier molecular flexibility index (Phi) is 4.19. The minimum atomic E-state index is -0.456. The first-order valence-corrected chi connectivity index (χ1v) is 8.31. The molecule has 0 N–H and O–H groups in total. The highest BCUT2D eigenvalue weighted by atomic mass is 16.3. The lowest BCUT2D eigenvalue weighted by Gasteiger charge is -2.52. The van der Waals surface area contributed by atoms with Crippen LogP contribution in [0.25, 0.3) is 0 Å². The molecule has 2 fully saturated rings. The number of likely N-dealkylation sites (N-methyl/N-ethyl adjacent to an activating group) is 1. The molecule has 0 atom stereocenters. The first-order valence-electron chi connectivity index (χ1n) is 8.31. The van der Waals surface area contributed by atoms with Crippen molar-refractivity contribution in [2.75, 3.05) is 33.2 Å². The smallest absolute Gasteiger partial charge is 0.289 e. The third kappa shape index (κ3) is 2.65. The van der Waals surface area contributed by atoms with Gasteiger partial charge < -0.3 is 14.2 Å². The van der Waals surface area contributed by atoms with Crippen molar-refractivity contribution in [2.45, 2.75) is 38.3 Å². The Hall–Kier alpha value is -1.82. The van der Waals surface area contributed by atoms with Crippen LogP contribution in [-0.4, -0.2) is 71.3 Å². The van der Waals surface area contributed by atoms with Crippen LogP contribution in [0, 0.1) is 0 Å². The number of hydrogen-bond donors (Lipinski definition) is 0. The fourth-order valence-electron chi connectivity index (χ4n) is 3.73. The molecule has 0 aliphatic carbocycles. The fraction of sp³-hybridized carbons (Fsp3) is 0.647. The zero-order valence-corrected chi connectivity index (χ0v) is 14.1. The van der Waals surface area contributed by atoms with E-state index in [1.54, 1.807) is 17.0 Å². The lowest BCUT2D eigenvalue weighted by molar-refractivity contribution is -0.156. The molecule has 2 aliphatic rings. The van der Waals surface area contributed by atoms with Crippen molar-refractivity contribution in [3.8, 4) is 0 Å².